The Balaban J connectivity index is 1.55. The van der Waals surface area contributed by atoms with Gasteiger partial charge >= 0.3 is 6.29 Å². The molecule has 2 aromatic carbocycles. The van der Waals surface area contributed by atoms with E-state index in [1.807, 2.05) is 24.3 Å². The second-order valence-electron chi connectivity index (χ2n) is 4.98. The lowest BCUT2D eigenvalue weighted by molar-refractivity contribution is -0.286. The highest BCUT2D eigenvalue weighted by atomic mass is 32.1. The maximum atomic E-state index is 13.0. The zero-order valence-corrected chi connectivity index (χ0v) is 13.5. The summed E-state index contributed by atoms with van der Waals surface area (Å²) >= 11 is 5.19. The molecule has 1 aliphatic heterocycles. The van der Waals surface area contributed by atoms with Crippen LogP contribution in [0.25, 0.3) is 0 Å². The summed E-state index contributed by atoms with van der Waals surface area (Å²) in [4.78, 5) is 0. The van der Waals surface area contributed by atoms with Gasteiger partial charge in [-0.15, -0.1) is 8.78 Å². The molecule has 5 nitrogen and oxygen atoms in total. The molecular formula is C16H14F2N2O3S. The Morgan fingerprint density at radius 2 is 1.83 bits per heavy atom. The molecule has 24 heavy (non-hydrogen) atoms. The summed E-state index contributed by atoms with van der Waals surface area (Å²) in [5, 5.41) is 6.29. The lowest BCUT2D eigenvalue weighted by Crippen LogP contribution is -2.27. The molecule has 2 N–H and O–H groups in total. The number of alkyl halides is 2. The summed E-state index contributed by atoms with van der Waals surface area (Å²) < 4.78 is 39.8. The lowest BCUT2D eigenvalue weighted by Gasteiger charge is -2.11. The van der Waals surface area contributed by atoms with Gasteiger partial charge in [-0.25, -0.2) is 0 Å². The summed E-state index contributed by atoms with van der Waals surface area (Å²) in [5.41, 5.74) is 1.53. The highest BCUT2D eigenvalue weighted by Crippen LogP contribution is 2.42. The number of benzene rings is 2. The molecule has 0 saturated carbocycles. The highest BCUT2D eigenvalue weighted by Gasteiger charge is 2.43. The van der Waals surface area contributed by atoms with Crippen molar-refractivity contribution in [3.63, 3.8) is 0 Å². The van der Waals surface area contributed by atoms with Crippen LogP contribution in [0.4, 0.5) is 14.5 Å². The van der Waals surface area contributed by atoms with E-state index in [1.54, 1.807) is 13.2 Å². The van der Waals surface area contributed by atoms with Gasteiger partial charge in [-0.05, 0) is 42.0 Å². The largest absolute Gasteiger partial charge is 0.586 e. The van der Waals surface area contributed by atoms with Gasteiger partial charge in [-0.3, -0.25) is 0 Å². The Morgan fingerprint density at radius 3 is 2.54 bits per heavy atom. The van der Waals surface area contributed by atoms with Crippen LogP contribution in [-0.4, -0.2) is 18.5 Å². The number of hydrogen-bond donors (Lipinski definition) is 2. The van der Waals surface area contributed by atoms with Crippen molar-refractivity contribution in [2.45, 2.75) is 12.8 Å². The van der Waals surface area contributed by atoms with Gasteiger partial charge in [-0.2, -0.15) is 0 Å². The van der Waals surface area contributed by atoms with Crippen LogP contribution in [0.5, 0.6) is 17.2 Å². The van der Waals surface area contributed by atoms with Gasteiger partial charge in [0.25, 0.3) is 0 Å². The van der Waals surface area contributed by atoms with Gasteiger partial charge in [0.2, 0.25) is 0 Å². The first kappa shape index (κ1) is 16.3. The average molecular weight is 352 g/mol. The van der Waals surface area contributed by atoms with Crippen LogP contribution in [0.15, 0.2) is 42.5 Å². The van der Waals surface area contributed by atoms with Gasteiger partial charge in [0.1, 0.15) is 5.75 Å². The molecular weight excluding hydrogens is 338 g/mol. The van der Waals surface area contributed by atoms with Crippen LogP contribution in [0.3, 0.4) is 0 Å². The molecule has 0 aromatic heterocycles. The summed E-state index contributed by atoms with van der Waals surface area (Å²) in [6, 6.07) is 11.9. The molecule has 0 radical (unpaired) electrons. The predicted molar refractivity (Wildman–Crippen MR) is 88.7 cm³/mol. The second-order valence-corrected chi connectivity index (χ2v) is 5.39. The first-order valence-corrected chi connectivity index (χ1v) is 7.44. The summed E-state index contributed by atoms with van der Waals surface area (Å²) in [5.74, 6) is 0.724. The van der Waals surface area contributed by atoms with Crippen molar-refractivity contribution in [2.24, 2.45) is 0 Å². The number of rotatable bonds is 4. The van der Waals surface area contributed by atoms with E-state index in [-0.39, 0.29) is 11.5 Å². The van der Waals surface area contributed by atoms with E-state index < -0.39 is 6.29 Å². The van der Waals surface area contributed by atoms with Crippen molar-refractivity contribution in [3.8, 4) is 17.2 Å². The molecule has 126 valence electrons. The predicted octanol–water partition coefficient (Wildman–Crippen LogP) is 3.50. The highest BCUT2D eigenvalue weighted by molar-refractivity contribution is 7.80. The molecule has 3 rings (SSSR count). The minimum atomic E-state index is -3.63. The number of methoxy groups -OCH3 is 1. The minimum absolute atomic E-state index is 0.0114. The molecule has 0 amide bonds. The third kappa shape index (κ3) is 3.83. The normalized spacial score (nSPS) is 14.1. The number of anilines is 1. The number of ether oxygens (including phenoxy) is 3. The van der Waals surface area contributed by atoms with E-state index in [0.29, 0.717) is 17.3 Å². The second kappa shape index (κ2) is 6.48. The minimum Gasteiger partial charge on any atom is -0.497 e. The Morgan fingerprint density at radius 1 is 1.12 bits per heavy atom. The Bertz CT molecular complexity index is 753. The molecule has 0 fully saturated rings. The molecule has 0 aliphatic carbocycles. The van der Waals surface area contributed by atoms with E-state index in [2.05, 4.69) is 20.1 Å². The van der Waals surface area contributed by atoms with Gasteiger partial charge < -0.3 is 24.8 Å². The standard InChI is InChI=1S/C16H14F2N2O3S/c1-21-12-5-2-10(3-6-12)9-19-15(24)20-11-4-7-13-14(8-11)23-16(17,18)22-13/h2-8H,9H2,1H3,(H2,19,20,24). The van der Waals surface area contributed by atoms with E-state index in [4.69, 9.17) is 17.0 Å². The Hall–Kier alpha value is -2.61. The Kier molecular flexibility index (Phi) is 4.39. The zero-order valence-electron chi connectivity index (χ0n) is 12.6. The van der Waals surface area contributed by atoms with Gasteiger partial charge in [-0.1, -0.05) is 12.1 Å². The van der Waals surface area contributed by atoms with E-state index in [0.717, 1.165) is 11.3 Å². The molecule has 0 saturated heterocycles. The number of thiocarbonyl (C=S) groups is 1. The van der Waals surface area contributed by atoms with Crippen LogP contribution in [-0.2, 0) is 6.54 Å². The molecule has 0 atom stereocenters. The number of halogens is 2. The van der Waals surface area contributed by atoms with Crippen LogP contribution in [0.2, 0.25) is 0 Å². The third-order valence-corrected chi connectivity index (χ3v) is 3.52. The molecule has 0 unspecified atom stereocenters. The van der Waals surface area contributed by atoms with Crippen molar-refractivity contribution < 1.29 is 23.0 Å². The van der Waals surface area contributed by atoms with Crippen molar-refractivity contribution in [1.29, 1.82) is 0 Å². The van der Waals surface area contributed by atoms with E-state index in [9.17, 15) is 8.78 Å². The lowest BCUT2D eigenvalue weighted by atomic mass is 10.2. The number of hydrogen-bond acceptors (Lipinski definition) is 4. The molecule has 1 aliphatic rings. The molecule has 0 spiro atoms. The van der Waals surface area contributed by atoms with Gasteiger partial charge in [0, 0.05) is 18.3 Å². The Labute approximate surface area is 142 Å². The fourth-order valence-electron chi connectivity index (χ4n) is 2.13. The zero-order chi connectivity index (χ0) is 17.2. The number of fused-ring (bicyclic) bond motifs is 1. The third-order valence-electron chi connectivity index (χ3n) is 3.27. The average Bonchev–Trinajstić information content (AvgIpc) is 2.86. The van der Waals surface area contributed by atoms with Crippen molar-refractivity contribution in [1.82, 2.24) is 5.32 Å². The van der Waals surface area contributed by atoms with Gasteiger partial charge in [0.05, 0.1) is 7.11 Å². The maximum absolute atomic E-state index is 13.0. The fourth-order valence-corrected chi connectivity index (χ4v) is 2.32. The molecule has 8 heteroatoms. The molecule has 0 bridgehead atoms. The molecule has 2 aromatic rings. The summed E-state index contributed by atoms with van der Waals surface area (Å²) in [6.07, 6.45) is -3.63. The summed E-state index contributed by atoms with van der Waals surface area (Å²) in [6.45, 7) is 0.512. The van der Waals surface area contributed by atoms with Gasteiger partial charge in [0.15, 0.2) is 16.6 Å². The SMILES string of the molecule is COc1ccc(CNC(=S)Nc2ccc3c(c2)OC(F)(F)O3)cc1. The van der Waals surface area contributed by atoms with E-state index >= 15 is 0 Å². The first-order chi connectivity index (χ1) is 11.4. The number of nitrogens with one attached hydrogen (secondary N) is 2. The monoisotopic (exact) mass is 352 g/mol. The molecule has 1 heterocycles. The van der Waals surface area contributed by atoms with Crippen molar-refractivity contribution in [2.75, 3.05) is 12.4 Å². The maximum Gasteiger partial charge on any atom is 0.586 e. The van der Waals surface area contributed by atoms with Crippen LogP contribution >= 0.6 is 12.2 Å². The van der Waals surface area contributed by atoms with Crippen LogP contribution in [0.1, 0.15) is 5.56 Å². The fraction of sp³-hybridized carbons (Fsp3) is 0.188. The quantitative estimate of drug-likeness (QED) is 0.822. The smallest absolute Gasteiger partial charge is 0.497 e. The van der Waals surface area contributed by atoms with E-state index in [1.165, 1.54) is 12.1 Å². The topological polar surface area (TPSA) is 51.8 Å². The van der Waals surface area contributed by atoms with Crippen molar-refractivity contribution in [3.05, 3.63) is 48.0 Å². The van der Waals surface area contributed by atoms with Crippen LogP contribution < -0.4 is 24.8 Å². The van der Waals surface area contributed by atoms with Crippen molar-refractivity contribution >= 4 is 23.0 Å². The first-order valence-electron chi connectivity index (χ1n) is 7.03. The summed E-state index contributed by atoms with van der Waals surface area (Å²) in [7, 11) is 1.60. The van der Waals surface area contributed by atoms with Crippen LogP contribution in [0, 0.1) is 0 Å².